The van der Waals surface area contributed by atoms with Gasteiger partial charge in [0.1, 0.15) is 35.4 Å². The van der Waals surface area contributed by atoms with Gasteiger partial charge in [0.25, 0.3) is 0 Å². The van der Waals surface area contributed by atoms with Crippen LogP contribution in [0.25, 0.3) is 11.1 Å². The Morgan fingerprint density at radius 3 is 2.04 bits per heavy atom. The second kappa shape index (κ2) is 8.45. The molecule has 1 aliphatic carbocycles. The summed E-state index contributed by atoms with van der Waals surface area (Å²) in [5.41, 5.74) is -2.12. The van der Waals surface area contributed by atoms with Crippen LogP contribution in [0.1, 0.15) is 48.6 Å². The van der Waals surface area contributed by atoms with Gasteiger partial charge in [-0.3, -0.25) is 0 Å². The van der Waals surface area contributed by atoms with Gasteiger partial charge in [-0.2, -0.15) is 29.8 Å². The summed E-state index contributed by atoms with van der Waals surface area (Å²) < 4.78 is 31.0. The number of hydrogen-bond acceptors (Lipinski definition) is 5. The molecule has 0 N–H and O–H groups in total. The van der Waals surface area contributed by atoms with Crippen molar-refractivity contribution >= 4 is 38.4 Å². The van der Waals surface area contributed by atoms with Crippen molar-refractivity contribution in [3.63, 3.8) is 0 Å². The number of thiophene rings is 1. The molecule has 0 saturated carbocycles. The van der Waals surface area contributed by atoms with Crippen molar-refractivity contribution in [2.75, 3.05) is 0 Å². The molecule has 0 aliphatic heterocycles. The third-order valence-electron chi connectivity index (χ3n) is 4.29. The lowest BCUT2D eigenvalue weighted by Gasteiger charge is -2.15. The predicted octanol–water partition coefficient (Wildman–Crippen LogP) is 5.88. The molecule has 0 fully saturated rings. The van der Waals surface area contributed by atoms with Gasteiger partial charge in [-0.25, -0.2) is 0 Å². The van der Waals surface area contributed by atoms with E-state index in [4.69, 9.17) is 10.5 Å². The average molecular weight is 447 g/mol. The van der Waals surface area contributed by atoms with Gasteiger partial charge in [-0.1, -0.05) is 26.2 Å². The molecule has 4 nitrogen and oxygen atoms in total. The molecule has 0 atom stereocenters. The Morgan fingerprint density at radius 2 is 1.52 bits per heavy atom. The highest BCUT2D eigenvalue weighted by Gasteiger charge is 2.54. The van der Waals surface area contributed by atoms with Crippen LogP contribution in [-0.4, -0.2) is 5.92 Å². The van der Waals surface area contributed by atoms with Gasteiger partial charge >= 0.3 is 5.92 Å². The fourth-order valence-electron chi connectivity index (χ4n) is 3.08. The number of alkyl halides is 2. The Hall–Kier alpha value is -2.52. The molecule has 0 unspecified atom stereocenters. The van der Waals surface area contributed by atoms with E-state index in [1.807, 2.05) is 0 Å². The summed E-state index contributed by atoms with van der Waals surface area (Å²) in [6, 6.07) is 6.11. The maximum atomic E-state index is 15.2. The average Bonchev–Trinajstić information content (AvgIpc) is 3.05. The third-order valence-corrected chi connectivity index (χ3v) is 6.29. The van der Waals surface area contributed by atoms with Crippen LogP contribution in [0.15, 0.2) is 14.9 Å². The maximum Gasteiger partial charge on any atom is 0.304 e. The van der Waals surface area contributed by atoms with Crippen molar-refractivity contribution in [1.29, 1.82) is 21.0 Å². The number of allylic oxidation sites excluding steroid dienone is 4. The first-order valence-corrected chi connectivity index (χ1v) is 9.79. The topological polar surface area (TPSA) is 95.2 Å². The Morgan fingerprint density at radius 1 is 0.963 bits per heavy atom. The highest BCUT2D eigenvalue weighted by molar-refractivity contribution is 9.11. The van der Waals surface area contributed by atoms with E-state index in [1.165, 1.54) is 24.3 Å². The third kappa shape index (κ3) is 3.52. The predicted molar refractivity (Wildman–Crippen MR) is 101 cm³/mol. The summed E-state index contributed by atoms with van der Waals surface area (Å²) in [6.45, 7) is 2.06. The molecule has 1 aliphatic rings. The number of halogens is 3. The number of fused-ring (bicyclic) bond motifs is 1. The van der Waals surface area contributed by atoms with E-state index in [9.17, 15) is 10.5 Å². The van der Waals surface area contributed by atoms with Crippen LogP contribution in [0.5, 0.6) is 0 Å². The highest BCUT2D eigenvalue weighted by Crippen LogP contribution is 2.59. The zero-order valence-electron chi connectivity index (χ0n) is 14.4. The summed E-state index contributed by atoms with van der Waals surface area (Å²) in [6.07, 6.45) is 4.24. The van der Waals surface area contributed by atoms with E-state index in [0.717, 1.165) is 37.0 Å². The SMILES string of the molecule is CCCCCCc1c(Br)sc2c1C(=C(C#N)C#N)C(F)(F)C2=C(C#N)C#N. The monoisotopic (exact) mass is 446 g/mol. The van der Waals surface area contributed by atoms with Crippen molar-refractivity contribution in [1.82, 2.24) is 0 Å². The van der Waals surface area contributed by atoms with E-state index >= 15 is 8.78 Å². The zero-order chi connectivity index (χ0) is 20.2. The lowest BCUT2D eigenvalue weighted by atomic mass is 9.96. The van der Waals surface area contributed by atoms with Gasteiger partial charge in [0.15, 0.2) is 0 Å². The van der Waals surface area contributed by atoms with E-state index in [1.54, 1.807) is 0 Å². The van der Waals surface area contributed by atoms with E-state index in [0.29, 0.717) is 15.8 Å². The standard InChI is InChI=1S/C19H13BrF2N4S/c1-2-3-4-5-6-13-14-15(11(7-23)8-24)19(21,22)16(12(9-25)10-26)17(14)27-18(13)20/h2-6H2,1H3. The molecule has 1 aromatic rings. The van der Waals surface area contributed by atoms with Crippen molar-refractivity contribution in [3.8, 4) is 24.3 Å². The van der Waals surface area contributed by atoms with E-state index in [2.05, 4.69) is 22.9 Å². The van der Waals surface area contributed by atoms with Crippen LogP contribution >= 0.6 is 27.3 Å². The van der Waals surface area contributed by atoms with Crippen LogP contribution in [0.3, 0.4) is 0 Å². The van der Waals surface area contributed by atoms with Gasteiger partial charge in [0.2, 0.25) is 0 Å². The maximum absolute atomic E-state index is 15.2. The van der Waals surface area contributed by atoms with Crippen LogP contribution in [0.4, 0.5) is 8.78 Å². The Kier molecular flexibility index (Phi) is 6.50. The molecule has 1 heterocycles. The van der Waals surface area contributed by atoms with Crippen LogP contribution in [0.2, 0.25) is 0 Å². The number of rotatable bonds is 5. The highest BCUT2D eigenvalue weighted by atomic mass is 79.9. The molecular weight excluding hydrogens is 434 g/mol. The van der Waals surface area contributed by atoms with Crippen molar-refractivity contribution in [3.05, 3.63) is 30.9 Å². The summed E-state index contributed by atoms with van der Waals surface area (Å²) in [7, 11) is 0. The van der Waals surface area contributed by atoms with Crippen molar-refractivity contribution < 1.29 is 8.78 Å². The van der Waals surface area contributed by atoms with Gasteiger partial charge in [0.05, 0.1) is 14.9 Å². The van der Waals surface area contributed by atoms with Gasteiger partial charge in [0, 0.05) is 10.4 Å². The number of nitrogens with zero attached hydrogens (tertiary/aromatic N) is 4. The minimum Gasteiger partial charge on any atom is -0.196 e. The molecule has 0 radical (unpaired) electrons. The molecule has 0 spiro atoms. The van der Waals surface area contributed by atoms with Crippen molar-refractivity contribution in [2.24, 2.45) is 0 Å². The lowest BCUT2D eigenvalue weighted by Crippen LogP contribution is -2.17. The second-order valence-corrected chi connectivity index (χ2v) is 8.23. The Balaban J connectivity index is 2.81. The van der Waals surface area contributed by atoms with Crippen molar-refractivity contribution in [2.45, 2.75) is 45.0 Å². The normalized spacial score (nSPS) is 13.9. The quantitative estimate of drug-likeness (QED) is 0.416. The molecule has 0 amide bonds. The molecule has 0 saturated heterocycles. The minimum atomic E-state index is -3.75. The summed E-state index contributed by atoms with van der Waals surface area (Å²) >= 11 is 4.39. The van der Waals surface area contributed by atoms with Gasteiger partial charge in [-0.15, -0.1) is 11.3 Å². The smallest absolute Gasteiger partial charge is 0.196 e. The second-order valence-electron chi connectivity index (χ2n) is 5.89. The fourth-order valence-corrected chi connectivity index (χ4v) is 5.13. The first-order chi connectivity index (χ1) is 12.9. The van der Waals surface area contributed by atoms with Crippen LogP contribution in [-0.2, 0) is 6.42 Å². The van der Waals surface area contributed by atoms with Gasteiger partial charge in [-0.05, 0) is 34.3 Å². The summed E-state index contributed by atoms with van der Waals surface area (Å²) in [5, 5.41) is 36.7. The molecule has 0 bridgehead atoms. The number of hydrogen-bond donors (Lipinski definition) is 0. The molecule has 1 aromatic heterocycles. The first-order valence-electron chi connectivity index (χ1n) is 8.18. The van der Waals surface area contributed by atoms with Gasteiger partial charge < -0.3 is 0 Å². The molecule has 8 heteroatoms. The molecule has 2 rings (SSSR count). The first kappa shape index (κ1) is 20.8. The molecule has 0 aromatic carbocycles. The number of unbranched alkanes of at least 4 members (excludes halogenated alkanes) is 3. The van der Waals surface area contributed by atoms with E-state index in [-0.39, 0.29) is 10.4 Å². The number of nitriles is 4. The summed E-state index contributed by atoms with van der Waals surface area (Å²) in [5.74, 6) is -3.75. The summed E-state index contributed by atoms with van der Waals surface area (Å²) in [4.78, 5) is 0.0773. The minimum absolute atomic E-state index is 0.0773. The Bertz CT molecular complexity index is 975. The van der Waals surface area contributed by atoms with Crippen LogP contribution < -0.4 is 0 Å². The molecular formula is C19H13BrF2N4S. The van der Waals surface area contributed by atoms with Crippen LogP contribution in [0, 0.1) is 45.3 Å². The Labute approximate surface area is 168 Å². The largest absolute Gasteiger partial charge is 0.304 e. The zero-order valence-corrected chi connectivity index (χ0v) is 16.8. The fraction of sp³-hybridized carbons (Fsp3) is 0.368. The molecule has 136 valence electrons. The molecule has 27 heavy (non-hydrogen) atoms. The van der Waals surface area contributed by atoms with E-state index < -0.39 is 28.2 Å². The lowest BCUT2D eigenvalue weighted by molar-refractivity contribution is 0.138.